The first kappa shape index (κ1) is 18.5. The standard InChI is InChI=1S/C18H19N5O4S/c24-16-6-2-1-5-15(16)18-20-17(21-27-18)13-22-8-10-23(11-9-22)28(25,26)14-4-3-7-19-12-14/h1-7,12,24H,8-11,13H2. The van der Waals surface area contributed by atoms with Gasteiger partial charge in [-0.05, 0) is 24.3 Å². The Morgan fingerprint density at radius 3 is 2.57 bits per heavy atom. The van der Waals surface area contributed by atoms with Crippen LogP contribution in [0.3, 0.4) is 0 Å². The highest BCUT2D eigenvalue weighted by atomic mass is 32.2. The molecule has 146 valence electrons. The second-order valence-electron chi connectivity index (χ2n) is 6.40. The lowest BCUT2D eigenvalue weighted by molar-refractivity contribution is 0.176. The van der Waals surface area contributed by atoms with Crippen molar-refractivity contribution in [1.29, 1.82) is 0 Å². The Morgan fingerprint density at radius 1 is 1.07 bits per heavy atom. The van der Waals surface area contributed by atoms with Crippen LogP contribution in [0.25, 0.3) is 11.5 Å². The van der Waals surface area contributed by atoms with E-state index in [2.05, 4.69) is 20.0 Å². The SMILES string of the molecule is O=S(=O)(c1cccnc1)N1CCN(Cc2noc(-c3ccccc3O)n2)CC1. The van der Waals surface area contributed by atoms with E-state index in [1.54, 1.807) is 42.6 Å². The van der Waals surface area contributed by atoms with Crippen molar-refractivity contribution in [2.75, 3.05) is 26.2 Å². The van der Waals surface area contributed by atoms with E-state index < -0.39 is 10.0 Å². The molecule has 1 saturated heterocycles. The molecule has 0 amide bonds. The second-order valence-corrected chi connectivity index (χ2v) is 8.34. The van der Waals surface area contributed by atoms with Crippen LogP contribution in [0.2, 0.25) is 0 Å². The molecule has 4 rings (SSSR count). The fourth-order valence-electron chi connectivity index (χ4n) is 3.06. The first-order chi connectivity index (χ1) is 13.5. The quantitative estimate of drug-likeness (QED) is 0.682. The van der Waals surface area contributed by atoms with E-state index in [-0.39, 0.29) is 16.5 Å². The lowest BCUT2D eigenvalue weighted by Crippen LogP contribution is -2.48. The summed E-state index contributed by atoms with van der Waals surface area (Å²) in [5, 5.41) is 13.9. The van der Waals surface area contributed by atoms with Gasteiger partial charge in [0.05, 0.1) is 12.1 Å². The van der Waals surface area contributed by atoms with Gasteiger partial charge in [-0.25, -0.2) is 8.42 Å². The van der Waals surface area contributed by atoms with Crippen molar-refractivity contribution in [1.82, 2.24) is 24.3 Å². The van der Waals surface area contributed by atoms with Crippen LogP contribution in [0.1, 0.15) is 5.82 Å². The van der Waals surface area contributed by atoms with Crippen molar-refractivity contribution in [3.8, 4) is 17.2 Å². The molecule has 1 N–H and O–H groups in total. The van der Waals surface area contributed by atoms with E-state index in [1.807, 2.05) is 0 Å². The maximum Gasteiger partial charge on any atom is 0.261 e. The molecular weight excluding hydrogens is 382 g/mol. The van der Waals surface area contributed by atoms with Crippen molar-refractivity contribution in [2.24, 2.45) is 0 Å². The summed E-state index contributed by atoms with van der Waals surface area (Å²) < 4.78 is 32.0. The van der Waals surface area contributed by atoms with Gasteiger partial charge in [-0.3, -0.25) is 9.88 Å². The maximum absolute atomic E-state index is 12.6. The number of pyridine rings is 1. The van der Waals surface area contributed by atoms with E-state index >= 15 is 0 Å². The molecule has 1 fully saturated rings. The van der Waals surface area contributed by atoms with Gasteiger partial charge in [0.15, 0.2) is 5.82 Å². The monoisotopic (exact) mass is 401 g/mol. The summed E-state index contributed by atoms with van der Waals surface area (Å²) in [6, 6.07) is 9.92. The van der Waals surface area contributed by atoms with E-state index in [9.17, 15) is 13.5 Å². The number of hydrogen-bond donors (Lipinski definition) is 1. The van der Waals surface area contributed by atoms with Crippen molar-refractivity contribution in [2.45, 2.75) is 11.4 Å². The summed E-state index contributed by atoms with van der Waals surface area (Å²) >= 11 is 0. The highest BCUT2D eigenvalue weighted by Crippen LogP contribution is 2.27. The Labute approximate surface area is 162 Å². The van der Waals surface area contributed by atoms with Crippen LogP contribution in [-0.4, -0.2) is 64.0 Å². The number of sulfonamides is 1. The number of nitrogens with zero attached hydrogens (tertiary/aromatic N) is 5. The number of phenols is 1. The molecule has 0 atom stereocenters. The first-order valence-corrected chi connectivity index (χ1v) is 10.2. The summed E-state index contributed by atoms with van der Waals surface area (Å²) in [6.07, 6.45) is 2.91. The third kappa shape index (κ3) is 3.75. The Morgan fingerprint density at radius 2 is 1.86 bits per heavy atom. The molecule has 0 unspecified atom stereocenters. The van der Waals surface area contributed by atoms with Crippen molar-refractivity contribution >= 4 is 10.0 Å². The summed E-state index contributed by atoms with van der Waals surface area (Å²) in [6.45, 7) is 2.31. The van der Waals surface area contributed by atoms with Crippen molar-refractivity contribution in [3.05, 3.63) is 54.6 Å². The van der Waals surface area contributed by atoms with E-state index in [0.29, 0.717) is 44.1 Å². The van der Waals surface area contributed by atoms with Gasteiger partial charge in [-0.15, -0.1) is 0 Å². The Kier molecular flexibility index (Phi) is 5.07. The predicted octanol–water partition coefficient (Wildman–Crippen LogP) is 1.34. The molecule has 28 heavy (non-hydrogen) atoms. The highest BCUT2D eigenvalue weighted by molar-refractivity contribution is 7.89. The summed E-state index contributed by atoms with van der Waals surface area (Å²) in [5.74, 6) is 0.819. The molecule has 1 aliphatic heterocycles. The number of rotatable bonds is 5. The largest absolute Gasteiger partial charge is 0.507 e. The van der Waals surface area contributed by atoms with Gasteiger partial charge in [0.1, 0.15) is 10.6 Å². The van der Waals surface area contributed by atoms with Gasteiger partial charge in [-0.1, -0.05) is 17.3 Å². The number of hydrogen-bond acceptors (Lipinski definition) is 8. The van der Waals surface area contributed by atoms with Crippen LogP contribution >= 0.6 is 0 Å². The van der Waals surface area contributed by atoms with Gasteiger partial charge in [0.25, 0.3) is 5.89 Å². The van der Waals surface area contributed by atoms with Gasteiger partial charge in [0, 0.05) is 38.6 Å². The average molecular weight is 401 g/mol. The molecule has 9 nitrogen and oxygen atoms in total. The third-order valence-electron chi connectivity index (χ3n) is 4.57. The van der Waals surface area contributed by atoms with Gasteiger partial charge >= 0.3 is 0 Å². The first-order valence-electron chi connectivity index (χ1n) is 8.77. The molecule has 2 aromatic heterocycles. The van der Waals surface area contributed by atoms with Gasteiger partial charge in [-0.2, -0.15) is 9.29 Å². The van der Waals surface area contributed by atoms with E-state index in [0.717, 1.165) is 0 Å². The smallest absolute Gasteiger partial charge is 0.261 e. The molecule has 10 heteroatoms. The lowest BCUT2D eigenvalue weighted by Gasteiger charge is -2.33. The minimum absolute atomic E-state index is 0.0759. The molecule has 3 aromatic rings. The van der Waals surface area contributed by atoms with Crippen LogP contribution < -0.4 is 0 Å². The lowest BCUT2D eigenvalue weighted by atomic mass is 10.2. The van der Waals surface area contributed by atoms with E-state index in [1.165, 1.54) is 10.5 Å². The zero-order valence-electron chi connectivity index (χ0n) is 15.0. The van der Waals surface area contributed by atoms with Crippen LogP contribution in [0.5, 0.6) is 5.75 Å². The molecule has 0 bridgehead atoms. The molecule has 1 aliphatic rings. The fraction of sp³-hybridized carbons (Fsp3) is 0.278. The Bertz CT molecular complexity index is 1050. The number of aromatic hydroxyl groups is 1. The number of para-hydroxylation sites is 1. The molecule has 3 heterocycles. The average Bonchev–Trinajstić information content (AvgIpc) is 3.17. The van der Waals surface area contributed by atoms with Gasteiger partial charge < -0.3 is 9.63 Å². The number of aromatic nitrogens is 3. The highest BCUT2D eigenvalue weighted by Gasteiger charge is 2.29. The van der Waals surface area contributed by atoms with Crippen molar-refractivity contribution < 1.29 is 18.0 Å². The molecule has 0 spiro atoms. The number of piperazine rings is 1. The summed E-state index contributed by atoms with van der Waals surface area (Å²) in [4.78, 5) is 10.5. The summed E-state index contributed by atoms with van der Waals surface area (Å²) in [5.41, 5.74) is 0.480. The minimum Gasteiger partial charge on any atom is -0.507 e. The van der Waals surface area contributed by atoms with Crippen LogP contribution in [0.4, 0.5) is 0 Å². The Hall–Kier alpha value is -2.82. The second kappa shape index (κ2) is 7.66. The van der Waals surface area contributed by atoms with E-state index in [4.69, 9.17) is 4.52 Å². The molecule has 0 saturated carbocycles. The number of phenolic OH excluding ortho intramolecular Hbond substituents is 1. The topological polar surface area (TPSA) is 113 Å². The minimum atomic E-state index is -3.53. The zero-order valence-corrected chi connectivity index (χ0v) is 15.8. The zero-order chi connectivity index (χ0) is 19.6. The normalized spacial score (nSPS) is 16.3. The molecule has 0 radical (unpaired) electrons. The summed E-state index contributed by atoms with van der Waals surface area (Å²) in [7, 11) is -3.53. The van der Waals surface area contributed by atoms with Crippen LogP contribution in [0, 0.1) is 0 Å². The molecule has 1 aromatic carbocycles. The van der Waals surface area contributed by atoms with Crippen molar-refractivity contribution in [3.63, 3.8) is 0 Å². The van der Waals surface area contributed by atoms with Crippen LogP contribution in [-0.2, 0) is 16.6 Å². The third-order valence-corrected chi connectivity index (χ3v) is 6.45. The fourth-order valence-corrected chi connectivity index (χ4v) is 4.45. The Balaban J connectivity index is 1.38. The number of benzene rings is 1. The maximum atomic E-state index is 12.6. The van der Waals surface area contributed by atoms with Gasteiger partial charge in [0.2, 0.25) is 10.0 Å². The molecule has 0 aliphatic carbocycles. The molecular formula is C18H19N5O4S. The predicted molar refractivity (Wildman–Crippen MR) is 99.7 cm³/mol. The van der Waals surface area contributed by atoms with Crippen LogP contribution in [0.15, 0.2) is 58.2 Å².